The fraction of sp³-hybridized carbons (Fsp3) is 0.667. The Morgan fingerprint density at radius 3 is 2.44 bits per heavy atom. The van der Waals surface area contributed by atoms with Gasteiger partial charge in [-0.25, -0.2) is 4.79 Å². The Balaban J connectivity index is 2.09. The average molecular weight is 263 g/mol. The molecule has 1 aliphatic carbocycles. The second kappa shape index (κ2) is 2.90. The van der Waals surface area contributed by atoms with Gasteiger partial charge in [-0.2, -0.15) is 0 Å². The lowest BCUT2D eigenvalue weighted by molar-refractivity contribution is -0.136. The van der Waals surface area contributed by atoms with Gasteiger partial charge in [0.25, 0.3) is 0 Å². The summed E-state index contributed by atoms with van der Waals surface area (Å²) in [6, 6.07) is -0.491. The van der Waals surface area contributed by atoms with E-state index in [2.05, 4.69) is 0 Å². The van der Waals surface area contributed by atoms with Crippen LogP contribution in [-0.4, -0.2) is 50.5 Å². The van der Waals surface area contributed by atoms with E-state index in [1.807, 2.05) is 0 Å². The third kappa shape index (κ3) is 0.919. The van der Waals surface area contributed by atoms with Gasteiger partial charge in [-0.05, 0) is 0 Å². The topological polar surface area (TPSA) is 57.7 Å². The number of Topliss-reactive ketones (excluding diaryl/α,β-unsaturated/α-hetero) is 1. The summed E-state index contributed by atoms with van der Waals surface area (Å²) in [4.78, 5) is 37.5. The summed E-state index contributed by atoms with van der Waals surface area (Å²) >= 11 is 12.0. The van der Waals surface area contributed by atoms with Gasteiger partial charge >= 0.3 is 6.03 Å². The highest BCUT2D eigenvalue weighted by molar-refractivity contribution is 6.31. The molecule has 2 bridgehead atoms. The van der Waals surface area contributed by atoms with Crippen LogP contribution in [0.5, 0.6) is 0 Å². The van der Waals surface area contributed by atoms with Crippen LogP contribution in [-0.2, 0) is 9.59 Å². The van der Waals surface area contributed by atoms with Crippen LogP contribution in [0.1, 0.15) is 12.8 Å². The lowest BCUT2D eigenvalue weighted by Gasteiger charge is -2.47. The van der Waals surface area contributed by atoms with E-state index in [-0.39, 0.29) is 31.1 Å². The zero-order valence-corrected chi connectivity index (χ0v) is 9.66. The number of fused-ring (bicyclic) bond motifs is 3. The van der Waals surface area contributed by atoms with Gasteiger partial charge in [-0.3, -0.25) is 19.4 Å². The van der Waals surface area contributed by atoms with Crippen molar-refractivity contribution in [3.8, 4) is 0 Å². The van der Waals surface area contributed by atoms with E-state index in [1.165, 1.54) is 4.90 Å². The number of carbonyl (C=O) groups is 3. The summed E-state index contributed by atoms with van der Waals surface area (Å²) in [6.45, 7) is 0.0564. The smallest absolute Gasteiger partial charge is 0.297 e. The van der Waals surface area contributed by atoms with Gasteiger partial charge in [0.2, 0.25) is 5.91 Å². The number of rotatable bonds is 0. The molecule has 3 amide bonds. The van der Waals surface area contributed by atoms with Crippen molar-refractivity contribution in [1.82, 2.24) is 9.80 Å². The van der Waals surface area contributed by atoms with Crippen molar-refractivity contribution in [1.29, 1.82) is 0 Å². The largest absolute Gasteiger partial charge is 0.328 e. The highest BCUT2D eigenvalue weighted by Gasteiger charge is 2.68. The third-order valence-corrected chi connectivity index (χ3v) is 4.42. The minimum absolute atomic E-state index is 0.0476. The molecule has 1 saturated carbocycles. The monoisotopic (exact) mass is 262 g/mol. The van der Waals surface area contributed by atoms with E-state index in [0.29, 0.717) is 0 Å². The molecule has 16 heavy (non-hydrogen) atoms. The Morgan fingerprint density at radius 2 is 1.88 bits per heavy atom. The number of hydrogen-bond donors (Lipinski definition) is 0. The predicted octanol–water partition coefficient (Wildman–Crippen LogP) is 0.538. The molecule has 0 aromatic heterocycles. The third-order valence-electron chi connectivity index (χ3n) is 3.56. The van der Waals surface area contributed by atoms with Gasteiger partial charge in [0.15, 0.2) is 5.78 Å². The minimum Gasteiger partial charge on any atom is -0.297 e. The van der Waals surface area contributed by atoms with Crippen molar-refractivity contribution in [3.05, 3.63) is 0 Å². The fourth-order valence-corrected chi connectivity index (χ4v) is 3.45. The van der Waals surface area contributed by atoms with Gasteiger partial charge in [-0.15, -0.1) is 11.6 Å². The molecule has 0 aromatic rings. The quantitative estimate of drug-likeness (QED) is 0.473. The lowest BCUT2D eigenvalue weighted by Crippen LogP contribution is -2.68. The van der Waals surface area contributed by atoms with Crippen LogP contribution < -0.4 is 0 Å². The summed E-state index contributed by atoms with van der Waals surface area (Å²) in [5.41, 5.74) is -1.82. The fourth-order valence-electron chi connectivity index (χ4n) is 2.62. The molecule has 0 N–H and O–H groups in total. The zero-order chi connectivity index (χ0) is 11.7. The summed E-state index contributed by atoms with van der Waals surface area (Å²) in [6.07, 6.45) is 0.281. The van der Waals surface area contributed by atoms with Crippen LogP contribution in [0.2, 0.25) is 0 Å². The Hall–Kier alpha value is -0.810. The van der Waals surface area contributed by atoms with Crippen LogP contribution in [0.15, 0.2) is 0 Å². The maximum atomic E-state index is 11.8. The molecule has 3 fully saturated rings. The number of ketones is 1. The SMILES string of the molecule is O=C1CC(Cl)N2C(=O)N1CC21C(=O)CC1Cl. The molecule has 2 aliphatic heterocycles. The molecule has 3 rings (SSSR count). The molecule has 1 spiro atoms. The Kier molecular flexibility index (Phi) is 1.87. The first-order valence-corrected chi connectivity index (χ1v) is 5.81. The van der Waals surface area contributed by atoms with Crippen molar-refractivity contribution >= 4 is 40.9 Å². The van der Waals surface area contributed by atoms with E-state index in [9.17, 15) is 14.4 Å². The molecule has 0 aromatic carbocycles. The van der Waals surface area contributed by atoms with E-state index >= 15 is 0 Å². The first-order valence-electron chi connectivity index (χ1n) is 4.93. The average Bonchev–Trinajstić information content (AvgIpc) is 2.47. The normalized spacial score (nSPS) is 42.0. The van der Waals surface area contributed by atoms with Gasteiger partial charge in [0, 0.05) is 6.42 Å². The van der Waals surface area contributed by atoms with Crippen LogP contribution in [0, 0.1) is 0 Å². The van der Waals surface area contributed by atoms with Crippen molar-refractivity contribution in [2.75, 3.05) is 6.54 Å². The standard InChI is InChI=1S/C9H8Cl2N2O3/c10-4-1-5(14)9(4)3-12-7(15)2-6(11)13(9)8(12)16/h4,6H,1-3H2. The molecule has 2 heterocycles. The van der Waals surface area contributed by atoms with E-state index in [0.717, 1.165) is 4.90 Å². The van der Waals surface area contributed by atoms with E-state index in [1.54, 1.807) is 0 Å². The summed E-state index contributed by atoms with van der Waals surface area (Å²) in [7, 11) is 0. The van der Waals surface area contributed by atoms with E-state index in [4.69, 9.17) is 23.2 Å². The predicted molar refractivity (Wildman–Crippen MR) is 55.2 cm³/mol. The van der Waals surface area contributed by atoms with Gasteiger partial charge < -0.3 is 0 Å². The van der Waals surface area contributed by atoms with Crippen LogP contribution in [0.3, 0.4) is 0 Å². The van der Waals surface area contributed by atoms with Crippen molar-refractivity contribution in [3.63, 3.8) is 0 Å². The molecule has 0 radical (unpaired) electrons. The number of amides is 3. The molecule has 2 saturated heterocycles. The summed E-state index contributed by atoms with van der Waals surface area (Å²) in [5, 5.41) is -0.443. The van der Waals surface area contributed by atoms with Crippen molar-refractivity contribution in [2.45, 2.75) is 29.3 Å². The Bertz CT molecular complexity index is 427. The molecule has 3 unspecified atom stereocenters. The molecule has 7 heteroatoms. The first kappa shape index (κ1) is 10.4. The van der Waals surface area contributed by atoms with Crippen molar-refractivity contribution in [2.24, 2.45) is 0 Å². The molecule has 5 nitrogen and oxygen atoms in total. The second-order valence-corrected chi connectivity index (χ2v) is 5.32. The summed E-state index contributed by atoms with van der Waals surface area (Å²) < 4.78 is 0. The van der Waals surface area contributed by atoms with Gasteiger partial charge in [0.1, 0.15) is 11.0 Å². The number of alkyl halides is 2. The summed E-state index contributed by atoms with van der Waals surface area (Å²) in [5.74, 6) is -0.439. The maximum absolute atomic E-state index is 11.8. The van der Waals surface area contributed by atoms with Crippen LogP contribution >= 0.6 is 23.2 Å². The van der Waals surface area contributed by atoms with Gasteiger partial charge in [0.05, 0.1) is 18.3 Å². The second-order valence-electron chi connectivity index (χ2n) is 4.29. The minimum atomic E-state index is -1.06. The molecule has 3 aliphatic rings. The lowest BCUT2D eigenvalue weighted by atomic mass is 9.74. The highest BCUT2D eigenvalue weighted by atomic mass is 35.5. The highest BCUT2D eigenvalue weighted by Crippen LogP contribution is 2.47. The zero-order valence-electron chi connectivity index (χ0n) is 8.15. The van der Waals surface area contributed by atoms with Crippen LogP contribution in [0.4, 0.5) is 4.79 Å². The number of hydrogen-bond acceptors (Lipinski definition) is 3. The number of nitrogens with zero attached hydrogens (tertiary/aromatic N) is 2. The number of urea groups is 1. The maximum Gasteiger partial charge on any atom is 0.328 e. The Morgan fingerprint density at radius 1 is 1.19 bits per heavy atom. The first-order chi connectivity index (χ1) is 7.48. The molecular formula is C9H8Cl2N2O3. The van der Waals surface area contributed by atoms with Gasteiger partial charge in [-0.1, -0.05) is 11.6 Å². The molecule has 86 valence electrons. The van der Waals surface area contributed by atoms with Crippen molar-refractivity contribution < 1.29 is 14.4 Å². The Labute approximate surface area is 101 Å². The molecule has 3 atom stereocenters. The number of carbonyl (C=O) groups excluding carboxylic acids is 3. The molecular weight excluding hydrogens is 255 g/mol. The number of imide groups is 1. The number of halogens is 2. The van der Waals surface area contributed by atoms with Crippen LogP contribution in [0.25, 0.3) is 0 Å². The van der Waals surface area contributed by atoms with E-state index < -0.39 is 22.4 Å².